The Labute approximate surface area is 190 Å². The second-order valence-corrected chi connectivity index (χ2v) is 8.10. The van der Waals surface area contributed by atoms with E-state index in [1.807, 2.05) is 30.3 Å². The number of halogens is 1. The van der Waals surface area contributed by atoms with Crippen LogP contribution >= 0.6 is 0 Å². The van der Waals surface area contributed by atoms with Gasteiger partial charge >= 0.3 is 0 Å². The van der Waals surface area contributed by atoms with Gasteiger partial charge in [0, 0.05) is 17.7 Å². The Morgan fingerprint density at radius 1 is 1.00 bits per heavy atom. The molecule has 5 rings (SSSR count). The fourth-order valence-electron chi connectivity index (χ4n) is 4.23. The van der Waals surface area contributed by atoms with Crippen LogP contribution in [0.25, 0.3) is 22.3 Å². The van der Waals surface area contributed by atoms with E-state index in [0.717, 1.165) is 11.1 Å². The number of benzene rings is 3. The first-order valence-corrected chi connectivity index (χ1v) is 10.8. The summed E-state index contributed by atoms with van der Waals surface area (Å²) in [5.41, 5.74) is 2.54. The number of hydrogen-bond donors (Lipinski definition) is 0. The molecule has 1 amide bonds. The van der Waals surface area contributed by atoms with Crippen molar-refractivity contribution < 1.29 is 18.3 Å². The minimum Gasteiger partial charge on any atom is -0.455 e. The van der Waals surface area contributed by atoms with E-state index in [1.165, 1.54) is 12.1 Å². The van der Waals surface area contributed by atoms with Crippen LogP contribution in [-0.4, -0.2) is 30.5 Å². The molecular weight excluding hydrogens is 421 g/mol. The number of carbonyl (C=O) groups is 1. The average Bonchev–Trinajstić information content (AvgIpc) is 2.86. The zero-order chi connectivity index (χ0) is 22.9. The fourth-order valence-corrected chi connectivity index (χ4v) is 4.23. The molecule has 5 nitrogen and oxygen atoms in total. The van der Waals surface area contributed by atoms with E-state index in [9.17, 15) is 14.0 Å². The summed E-state index contributed by atoms with van der Waals surface area (Å²) < 4.78 is 25.3. The van der Waals surface area contributed by atoms with Crippen LogP contribution < -0.4 is 5.43 Å². The number of fused-ring (bicyclic) bond motifs is 1. The van der Waals surface area contributed by atoms with E-state index < -0.39 is 0 Å². The third-order valence-electron chi connectivity index (χ3n) is 6.01. The average molecular weight is 443 g/mol. The van der Waals surface area contributed by atoms with E-state index in [4.69, 9.17) is 9.15 Å². The van der Waals surface area contributed by atoms with Crippen LogP contribution in [0.3, 0.4) is 0 Å². The number of para-hydroxylation sites is 1. The van der Waals surface area contributed by atoms with Crippen molar-refractivity contribution in [1.82, 2.24) is 4.90 Å². The third kappa shape index (κ3) is 3.94. The van der Waals surface area contributed by atoms with Crippen molar-refractivity contribution in [2.24, 2.45) is 0 Å². The van der Waals surface area contributed by atoms with Gasteiger partial charge in [0.2, 0.25) is 0 Å². The van der Waals surface area contributed by atoms with Gasteiger partial charge in [0.15, 0.2) is 11.0 Å². The molecule has 0 N–H and O–H groups in total. The summed E-state index contributed by atoms with van der Waals surface area (Å²) in [4.78, 5) is 28.3. The highest BCUT2D eigenvalue weighted by Crippen LogP contribution is 2.29. The van der Waals surface area contributed by atoms with Crippen molar-refractivity contribution in [2.45, 2.75) is 13.0 Å². The van der Waals surface area contributed by atoms with Gasteiger partial charge in [0.1, 0.15) is 17.7 Å². The maximum absolute atomic E-state index is 13.5. The predicted molar refractivity (Wildman–Crippen MR) is 124 cm³/mol. The summed E-state index contributed by atoms with van der Waals surface area (Å²) >= 11 is 0. The lowest BCUT2D eigenvalue weighted by atomic mass is 10.0. The van der Waals surface area contributed by atoms with E-state index in [1.54, 1.807) is 42.2 Å². The molecule has 6 heteroatoms. The van der Waals surface area contributed by atoms with Crippen molar-refractivity contribution in [3.63, 3.8) is 0 Å². The van der Waals surface area contributed by atoms with E-state index in [2.05, 4.69) is 0 Å². The highest BCUT2D eigenvalue weighted by molar-refractivity contribution is 6.05. The van der Waals surface area contributed by atoms with Crippen LogP contribution in [0.2, 0.25) is 0 Å². The van der Waals surface area contributed by atoms with Crippen molar-refractivity contribution in [1.29, 1.82) is 0 Å². The number of hydrogen-bond acceptors (Lipinski definition) is 4. The second-order valence-electron chi connectivity index (χ2n) is 8.10. The Morgan fingerprint density at radius 3 is 2.52 bits per heavy atom. The minimum absolute atomic E-state index is 0.157. The van der Waals surface area contributed by atoms with E-state index in [0.29, 0.717) is 42.0 Å². The van der Waals surface area contributed by atoms with E-state index in [-0.39, 0.29) is 28.8 Å². The number of nitrogens with zero attached hydrogens (tertiary/aromatic N) is 1. The molecule has 1 aliphatic heterocycles. The van der Waals surface area contributed by atoms with Crippen LogP contribution in [0, 0.1) is 12.7 Å². The Balaban J connectivity index is 1.54. The molecule has 0 bridgehead atoms. The Kier molecular flexibility index (Phi) is 5.52. The smallest absolute Gasteiger partial charge is 0.257 e. The van der Waals surface area contributed by atoms with Gasteiger partial charge in [0.05, 0.1) is 24.1 Å². The van der Waals surface area contributed by atoms with Gasteiger partial charge in [-0.25, -0.2) is 4.39 Å². The van der Waals surface area contributed by atoms with Gasteiger partial charge < -0.3 is 14.1 Å². The maximum atomic E-state index is 13.5. The molecule has 0 radical (unpaired) electrons. The number of carbonyl (C=O) groups excluding carboxylic acids is 1. The largest absolute Gasteiger partial charge is 0.455 e. The molecule has 3 aromatic carbocycles. The van der Waals surface area contributed by atoms with Gasteiger partial charge in [-0.3, -0.25) is 9.59 Å². The molecule has 0 spiro atoms. The Hall–Kier alpha value is -3.77. The van der Waals surface area contributed by atoms with Crippen LogP contribution in [0.5, 0.6) is 0 Å². The number of rotatable bonds is 3. The van der Waals surface area contributed by atoms with Crippen LogP contribution in [0.1, 0.15) is 27.6 Å². The monoisotopic (exact) mass is 443 g/mol. The summed E-state index contributed by atoms with van der Waals surface area (Å²) in [5, 5.41) is 0.376. The predicted octanol–water partition coefficient (Wildman–Crippen LogP) is 5.12. The molecule has 166 valence electrons. The van der Waals surface area contributed by atoms with Crippen molar-refractivity contribution in [3.8, 4) is 11.3 Å². The van der Waals surface area contributed by atoms with Crippen molar-refractivity contribution >= 4 is 16.9 Å². The quantitative estimate of drug-likeness (QED) is 0.441. The minimum atomic E-state index is -0.354. The molecule has 2 heterocycles. The maximum Gasteiger partial charge on any atom is 0.257 e. The molecular formula is C27H22FNO4. The molecule has 1 aromatic heterocycles. The van der Waals surface area contributed by atoms with Gasteiger partial charge in [0.25, 0.3) is 5.91 Å². The zero-order valence-electron chi connectivity index (χ0n) is 18.1. The van der Waals surface area contributed by atoms with Gasteiger partial charge in [-0.1, -0.05) is 48.5 Å². The SMILES string of the molecule is Cc1c(-c2ccccc2)oc2c(C(=O)N3CCO[C@@H](c4ccc(F)cc4)C3)cccc2c1=O. The standard InChI is InChI=1S/C27H22FNO4/c1-17-24(30)21-8-5-9-22(26(21)33-25(17)19-6-3-2-4-7-19)27(31)29-14-15-32-23(16-29)18-10-12-20(28)13-11-18/h2-13,23H,14-16H2,1H3/t23-/m1/s1. The molecule has 1 aliphatic rings. The molecule has 1 fully saturated rings. The van der Waals surface area contributed by atoms with E-state index >= 15 is 0 Å². The lowest BCUT2D eigenvalue weighted by molar-refractivity contribution is -0.0228. The Bertz CT molecular complexity index is 1380. The van der Waals surface area contributed by atoms with Gasteiger partial charge in [-0.15, -0.1) is 0 Å². The van der Waals surface area contributed by atoms with Crippen molar-refractivity contribution in [2.75, 3.05) is 19.7 Å². The fraction of sp³-hybridized carbons (Fsp3) is 0.185. The van der Waals surface area contributed by atoms with Crippen LogP contribution in [-0.2, 0) is 4.74 Å². The molecule has 0 saturated carbocycles. The first-order valence-electron chi connectivity index (χ1n) is 10.8. The number of amides is 1. The van der Waals surface area contributed by atoms with Crippen molar-refractivity contribution in [3.05, 3.63) is 106 Å². The topological polar surface area (TPSA) is 59.8 Å². The number of morpholine rings is 1. The number of ether oxygens (including phenoxy) is 1. The van der Waals surface area contributed by atoms with Gasteiger partial charge in [-0.05, 0) is 36.8 Å². The first-order chi connectivity index (χ1) is 16.0. The highest BCUT2D eigenvalue weighted by Gasteiger charge is 2.28. The lowest BCUT2D eigenvalue weighted by Gasteiger charge is -2.33. The lowest BCUT2D eigenvalue weighted by Crippen LogP contribution is -2.42. The summed E-state index contributed by atoms with van der Waals surface area (Å²) in [7, 11) is 0. The van der Waals surface area contributed by atoms with Crippen LogP contribution in [0.15, 0.2) is 82.0 Å². The summed E-state index contributed by atoms with van der Waals surface area (Å²) in [6.45, 7) is 2.82. The summed E-state index contributed by atoms with van der Waals surface area (Å²) in [6.07, 6.45) is -0.354. The molecule has 33 heavy (non-hydrogen) atoms. The zero-order valence-corrected chi connectivity index (χ0v) is 18.1. The molecule has 0 aliphatic carbocycles. The molecule has 1 saturated heterocycles. The molecule has 4 aromatic rings. The highest BCUT2D eigenvalue weighted by atomic mass is 19.1. The Morgan fingerprint density at radius 2 is 1.76 bits per heavy atom. The van der Waals surface area contributed by atoms with Crippen LogP contribution in [0.4, 0.5) is 4.39 Å². The molecule has 0 unspecified atom stereocenters. The summed E-state index contributed by atoms with van der Waals surface area (Å²) in [6, 6.07) is 20.5. The first kappa shape index (κ1) is 21.1. The van der Waals surface area contributed by atoms with Gasteiger partial charge in [-0.2, -0.15) is 0 Å². The molecule has 1 atom stereocenters. The third-order valence-corrected chi connectivity index (χ3v) is 6.01. The summed E-state index contributed by atoms with van der Waals surface area (Å²) in [5.74, 6) is -0.0978. The normalized spacial score (nSPS) is 16.2. The second kappa shape index (κ2) is 8.64.